The van der Waals surface area contributed by atoms with Crippen LogP contribution in [0.4, 0.5) is 14.9 Å². The predicted molar refractivity (Wildman–Crippen MR) is 117 cm³/mol. The second-order valence-electron chi connectivity index (χ2n) is 9.16. The lowest BCUT2D eigenvalue weighted by Crippen LogP contribution is -2.48. The van der Waals surface area contributed by atoms with Crippen LogP contribution in [-0.4, -0.2) is 66.7 Å². The number of piperazine rings is 1. The number of nitrogens with one attached hydrogen (secondary N) is 2. The molecule has 2 saturated heterocycles. The highest BCUT2D eigenvalue weighted by atomic mass is 19.1. The Bertz CT molecular complexity index is 864. The molecule has 1 aromatic rings. The maximum absolute atomic E-state index is 14.8. The lowest BCUT2D eigenvalue weighted by Gasteiger charge is -2.39. The Kier molecular flexibility index (Phi) is 6.93. The Morgan fingerprint density at radius 3 is 2.44 bits per heavy atom. The summed E-state index contributed by atoms with van der Waals surface area (Å²) in [5.74, 6) is -1.13. The molecule has 3 amide bonds. The SMILES string of the molecule is O=C(O)NC1CCC(CN2CCN(c3ccc(C4CCC(=O)NC4=O)c(F)c3)CC2)CC1. The van der Waals surface area contributed by atoms with Crippen LogP contribution in [0.1, 0.15) is 50.0 Å². The molecule has 32 heavy (non-hydrogen) atoms. The van der Waals surface area contributed by atoms with Crippen LogP contribution >= 0.6 is 0 Å². The first-order valence-electron chi connectivity index (χ1n) is 11.5. The smallest absolute Gasteiger partial charge is 0.404 e. The number of carbonyl (C=O) groups excluding carboxylic acids is 2. The quantitative estimate of drug-likeness (QED) is 0.600. The van der Waals surface area contributed by atoms with E-state index in [2.05, 4.69) is 20.4 Å². The Balaban J connectivity index is 1.26. The zero-order chi connectivity index (χ0) is 22.7. The summed E-state index contributed by atoms with van der Waals surface area (Å²) < 4.78 is 14.8. The molecule has 1 saturated carbocycles. The highest BCUT2D eigenvalue weighted by molar-refractivity contribution is 6.01. The van der Waals surface area contributed by atoms with Crippen LogP contribution in [-0.2, 0) is 9.59 Å². The molecule has 1 aliphatic carbocycles. The zero-order valence-electron chi connectivity index (χ0n) is 18.2. The topological polar surface area (TPSA) is 102 Å². The fourth-order valence-corrected chi connectivity index (χ4v) is 5.20. The molecule has 174 valence electrons. The van der Waals surface area contributed by atoms with E-state index in [0.717, 1.165) is 64.1 Å². The van der Waals surface area contributed by atoms with E-state index in [1.165, 1.54) is 6.07 Å². The lowest BCUT2D eigenvalue weighted by atomic mass is 9.85. The van der Waals surface area contributed by atoms with E-state index in [1.54, 1.807) is 6.07 Å². The lowest BCUT2D eigenvalue weighted by molar-refractivity contribution is -0.134. The number of anilines is 1. The van der Waals surface area contributed by atoms with Crippen molar-refractivity contribution in [3.8, 4) is 0 Å². The summed E-state index contributed by atoms with van der Waals surface area (Å²) in [4.78, 5) is 38.8. The number of imide groups is 1. The van der Waals surface area contributed by atoms with E-state index in [9.17, 15) is 18.8 Å². The van der Waals surface area contributed by atoms with E-state index >= 15 is 0 Å². The Morgan fingerprint density at radius 2 is 1.81 bits per heavy atom. The third-order valence-electron chi connectivity index (χ3n) is 7.03. The number of carboxylic acid groups (broad SMARTS) is 1. The maximum Gasteiger partial charge on any atom is 0.404 e. The third kappa shape index (κ3) is 5.38. The Hall–Kier alpha value is -2.68. The highest BCUT2D eigenvalue weighted by Gasteiger charge is 2.30. The second kappa shape index (κ2) is 9.85. The Morgan fingerprint density at radius 1 is 1.09 bits per heavy atom. The van der Waals surface area contributed by atoms with Gasteiger partial charge in [-0.15, -0.1) is 0 Å². The summed E-state index contributed by atoms with van der Waals surface area (Å²) in [6.07, 6.45) is 3.51. The van der Waals surface area contributed by atoms with Crippen LogP contribution in [0.15, 0.2) is 18.2 Å². The van der Waals surface area contributed by atoms with E-state index in [-0.39, 0.29) is 18.4 Å². The Labute approximate surface area is 187 Å². The molecule has 3 fully saturated rings. The number of rotatable bonds is 5. The first-order chi connectivity index (χ1) is 15.4. The van der Waals surface area contributed by atoms with Gasteiger partial charge >= 0.3 is 6.09 Å². The van der Waals surface area contributed by atoms with Crippen molar-refractivity contribution in [1.29, 1.82) is 0 Å². The van der Waals surface area contributed by atoms with Gasteiger partial charge in [0.05, 0.1) is 5.92 Å². The van der Waals surface area contributed by atoms with Gasteiger partial charge in [-0.3, -0.25) is 19.8 Å². The van der Waals surface area contributed by atoms with Gasteiger partial charge in [0, 0.05) is 56.4 Å². The summed E-state index contributed by atoms with van der Waals surface area (Å²) in [5, 5.41) is 13.7. The molecule has 0 aromatic heterocycles. The number of hydrogen-bond donors (Lipinski definition) is 3. The molecule has 0 spiro atoms. The normalized spacial score (nSPS) is 27.2. The van der Waals surface area contributed by atoms with Crippen molar-refractivity contribution >= 4 is 23.6 Å². The minimum atomic E-state index is -0.939. The molecular weight excluding hydrogens is 415 g/mol. The van der Waals surface area contributed by atoms with Crippen LogP contribution in [0.3, 0.4) is 0 Å². The van der Waals surface area contributed by atoms with Crippen molar-refractivity contribution in [2.45, 2.75) is 50.5 Å². The number of piperidine rings is 1. The summed E-state index contributed by atoms with van der Waals surface area (Å²) in [5.41, 5.74) is 1.17. The van der Waals surface area contributed by atoms with Gasteiger partial charge in [-0.1, -0.05) is 6.07 Å². The predicted octanol–water partition coefficient (Wildman–Crippen LogP) is 2.29. The summed E-state index contributed by atoms with van der Waals surface area (Å²) in [6.45, 7) is 4.46. The van der Waals surface area contributed by atoms with Crippen molar-refractivity contribution < 1.29 is 23.9 Å². The third-order valence-corrected chi connectivity index (χ3v) is 7.03. The van der Waals surface area contributed by atoms with Gasteiger partial charge in [0.2, 0.25) is 11.8 Å². The number of benzene rings is 1. The van der Waals surface area contributed by atoms with E-state index in [0.29, 0.717) is 17.9 Å². The maximum atomic E-state index is 14.8. The minimum Gasteiger partial charge on any atom is -0.465 e. The molecule has 1 unspecified atom stereocenters. The molecule has 0 radical (unpaired) electrons. The van der Waals surface area contributed by atoms with Crippen LogP contribution in [0.25, 0.3) is 0 Å². The average molecular weight is 447 g/mol. The van der Waals surface area contributed by atoms with Gasteiger partial charge in [0.1, 0.15) is 5.82 Å². The van der Waals surface area contributed by atoms with Crippen molar-refractivity contribution in [2.24, 2.45) is 5.92 Å². The van der Waals surface area contributed by atoms with Crippen molar-refractivity contribution in [1.82, 2.24) is 15.5 Å². The van der Waals surface area contributed by atoms with Crippen molar-refractivity contribution in [2.75, 3.05) is 37.6 Å². The fraction of sp³-hybridized carbons (Fsp3) is 0.609. The molecule has 9 heteroatoms. The minimum absolute atomic E-state index is 0.0821. The molecule has 4 rings (SSSR count). The number of carbonyl (C=O) groups is 3. The van der Waals surface area contributed by atoms with Crippen LogP contribution in [0.2, 0.25) is 0 Å². The number of amides is 3. The van der Waals surface area contributed by atoms with Crippen LogP contribution in [0.5, 0.6) is 0 Å². The second-order valence-corrected chi connectivity index (χ2v) is 9.16. The molecule has 1 aromatic carbocycles. The van der Waals surface area contributed by atoms with Gasteiger partial charge in [-0.2, -0.15) is 0 Å². The number of halogens is 1. The van der Waals surface area contributed by atoms with E-state index in [1.807, 2.05) is 6.07 Å². The molecule has 8 nitrogen and oxygen atoms in total. The largest absolute Gasteiger partial charge is 0.465 e. The molecule has 1 atom stereocenters. The molecule has 3 N–H and O–H groups in total. The summed E-state index contributed by atoms with van der Waals surface area (Å²) >= 11 is 0. The van der Waals surface area contributed by atoms with Gasteiger partial charge in [0.15, 0.2) is 0 Å². The molecule has 2 aliphatic heterocycles. The van der Waals surface area contributed by atoms with Gasteiger partial charge in [-0.25, -0.2) is 9.18 Å². The molecule has 3 aliphatic rings. The molecule has 0 bridgehead atoms. The molecular formula is C23H31FN4O4. The average Bonchev–Trinajstić information content (AvgIpc) is 2.76. The number of nitrogens with zero attached hydrogens (tertiary/aromatic N) is 2. The zero-order valence-corrected chi connectivity index (χ0v) is 18.2. The fourth-order valence-electron chi connectivity index (χ4n) is 5.20. The molecule has 2 heterocycles. The van der Waals surface area contributed by atoms with Gasteiger partial charge < -0.3 is 15.3 Å². The van der Waals surface area contributed by atoms with E-state index in [4.69, 9.17) is 5.11 Å². The highest BCUT2D eigenvalue weighted by Crippen LogP contribution is 2.30. The van der Waals surface area contributed by atoms with Crippen molar-refractivity contribution in [3.63, 3.8) is 0 Å². The first kappa shape index (κ1) is 22.5. The number of hydrogen-bond acceptors (Lipinski definition) is 5. The van der Waals surface area contributed by atoms with E-state index < -0.39 is 23.7 Å². The van der Waals surface area contributed by atoms with Crippen LogP contribution in [0, 0.1) is 11.7 Å². The monoisotopic (exact) mass is 446 g/mol. The summed E-state index contributed by atoms with van der Waals surface area (Å²) in [6, 6.07) is 5.14. The first-order valence-corrected chi connectivity index (χ1v) is 11.5. The van der Waals surface area contributed by atoms with Gasteiger partial charge in [0.25, 0.3) is 0 Å². The van der Waals surface area contributed by atoms with Crippen LogP contribution < -0.4 is 15.5 Å². The van der Waals surface area contributed by atoms with Crippen molar-refractivity contribution in [3.05, 3.63) is 29.6 Å². The summed E-state index contributed by atoms with van der Waals surface area (Å²) in [7, 11) is 0. The standard InChI is InChI=1S/C23H31FN4O4/c24-20-13-17(5-6-18(20)19-7-8-21(29)26-22(19)30)28-11-9-27(10-12-28)14-15-1-3-16(4-2-15)25-23(31)32/h5-6,13,15-16,19,25H,1-4,7-12,14H2,(H,31,32)(H,26,29,30). The van der Waals surface area contributed by atoms with Gasteiger partial charge in [-0.05, 0) is 50.2 Å².